The van der Waals surface area contributed by atoms with Crippen LogP contribution >= 0.6 is 11.3 Å². The van der Waals surface area contributed by atoms with Gasteiger partial charge in [-0.1, -0.05) is 127 Å². The molecule has 9 aromatic rings. The number of hydrogen-bond acceptors (Lipinski definition) is 3. The van der Waals surface area contributed by atoms with E-state index in [-0.39, 0.29) is 0 Å². The van der Waals surface area contributed by atoms with Gasteiger partial charge in [0.1, 0.15) is 11.5 Å². The summed E-state index contributed by atoms with van der Waals surface area (Å²) in [5.41, 5.74) is 10.4. The van der Waals surface area contributed by atoms with Crippen LogP contribution in [-0.4, -0.2) is 0 Å². The number of anilines is 3. The van der Waals surface area contributed by atoms with Crippen LogP contribution in [0.15, 0.2) is 176 Å². The zero-order valence-corrected chi connectivity index (χ0v) is 27.3. The van der Waals surface area contributed by atoms with Gasteiger partial charge in [0.25, 0.3) is 0 Å². The normalized spacial score (nSPS) is 11.8. The standard InChI is InChI=1S/C46H29NOS/c1-3-11-30(12-4-1)32-21-24-34(25-22-32)47(41-19-10-17-38-36-15-7-8-20-44(36)49-46(38)41)40-27-28-42-45-37(16-9-18-39(40)45)35-26-23-33(29-43(35)48-42)31-13-5-2-6-14-31/h1-29H. The number of ether oxygens (including phenoxy) is 1. The molecule has 49 heavy (non-hydrogen) atoms. The van der Waals surface area contributed by atoms with Crippen LogP contribution in [0, 0.1) is 0 Å². The Kier molecular flexibility index (Phi) is 6.39. The lowest BCUT2D eigenvalue weighted by molar-refractivity contribution is 0.487. The fraction of sp³-hybridized carbons (Fsp3) is 0. The third kappa shape index (κ3) is 4.55. The van der Waals surface area contributed by atoms with E-state index in [1.165, 1.54) is 42.4 Å². The highest BCUT2D eigenvalue weighted by atomic mass is 32.1. The van der Waals surface area contributed by atoms with Crippen molar-refractivity contribution in [2.75, 3.05) is 4.90 Å². The molecule has 0 bridgehead atoms. The molecule has 1 aliphatic heterocycles. The van der Waals surface area contributed by atoms with Gasteiger partial charge in [0.15, 0.2) is 0 Å². The quantitative estimate of drug-likeness (QED) is 0.185. The van der Waals surface area contributed by atoms with Gasteiger partial charge in [0, 0.05) is 37.5 Å². The fourth-order valence-electron chi connectivity index (χ4n) is 7.37. The maximum Gasteiger partial charge on any atom is 0.136 e. The molecular weight excluding hydrogens is 615 g/mol. The number of fused-ring (bicyclic) bond motifs is 5. The Hall–Kier alpha value is -6.16. The molecule has 0 saturated heterocycles. The zero-order valence-electron chi connectivity index (χ0n) is 26.5. The summed E-state index contributed by atoms with van der Waals surface area (Å²) < 4.78 is 9.28. The van der Waals surface area contributed by atoms with Gasteiger partial charge in [-0.25, -0.2) is 0 Å². The van der Waals surface area contributed by atoms with Crippen molar-refractivity contribution in [3.63, 3.8) is 0 Å². The number of hydrogen-bond donors (Lipinski definition) is 0. The lowest BCUT2D eigenvalue weighted by Crippen LogP contribution is -2.11. The van der Waals surface area contributed by atoms with Crippen molar-refractivity contribution in [1.29, 1.82) is 0 Å². The maximum atomic E-state index is 6.72. The van der Waals surface area contributed by atoms with E-state index in [1.54, 1.807) is 0 Å². The largest absolute Gasteiger partial charge is 0.456 e. The first-order chi connectivity index (χ1) is 24.3. The van der Waals surface area contributed by atoms with Gasteiger partial charge >= 0.3 is 0 Å². The predicted molar refractivity (Wildman–Crippen MR) is 208 cm³/mol. The highest BCUT2D eigenvalue weighted by Crippen LogP contribution is 2.52. The minimum Gasteiger partial charge on any atom is -0.456 e. The van der Waals surface area contributed by atoms with Crippen LogP contribution in [0.1, 0.15) is 0 Å². The molecule has 0 N–H and O–H groups in total. The van der Waals surface area contributed by atoms with Gasteiger partial charge in [-0.05, 0) is 76.3 Å². The van der Waals surface area contributed by atoms with Crippen molar-refractivity contribution in [3.05, 3.63) is 176 Å². The number of benzene rings is 8. The summed E-state index contributed by atoms with van der Waals surface area (Å²) in [4.78, 5) is 2.43. The van der Waals surface area contributed by atoms with Gasteiger partial charge in [-0.15, -0.1) is 11.3 Å². The molecule has 0 amide bonds. The van der Waals surface area contributed by atoms with Crippen molar-refractivity contribution in [2.24, 2.45) is 0 Å². The van der Waals surface area contributed by atoms with E-state index >= 15 is 0 Å². The minimum atomic E-state index is 0.881. The monoisotopic (exact) mass is 643 g/mol. The first kappa shape index (κ1) is 27.9. The summed E-state index contributed by atoms with van der Waals surface area (Å²) in [6, 6.07) is 63.1. The second-order valence-electron chi connectivity index (χ2n) is 12.5. The Labute approximate surface area is 288 Å². The number of thiophene rings is 1. The third-order valence-electron chi connectivity index (χ3n) is 9.68. The van der Waals surface area contributed by atoms with Gasteiger partial charge in [0.05, 0.1) is 16.1 Å². The summed E-state index contributed by atoms with van der Waals surface area (Å²) in [6.45, 7) is 0. The van der Waals surface area contributed by atoms with Crippen LogP contribution in [0.5, 0.6) is 11.5 Å². The summed E-state index contributed by atoms with van der Waals surface area (Å²) in [5, 5.41) is 4.85. The molecule has 0 saturated carbocycles. The maximum absolute atomic E-state index is 6.72. The topological polar surface area (TPSA) is 12.5 Å². The molecule has 3 heteroatoms. The number of nitrogens with zero attached hydrogens (tertiary/aromatic N) is 1. The van der Waals surface area contributed by atoms with E-state index in [1.807, 2.05) is 11.3 Å². The van der Waals surface area contributed by atoms with E-state index in [4.69, 9.17) is 4.74 Å². The molecule has 0 atom stereocenters. The van der Waals surface area contributed by atoms with E-state index in [0.29, 0.717) is 0 Å². The predicted octanol–water partition coefficient (Wildman–Crippen LogP) is 13.8. The molecule has 0 fully saturated rings. The smallest absolute Gasteiger partial charge is 0.136 e. The molecule has 1 aliphatic rings. The average molecular weight is 644 g/mol. The molecule has 2 heterocycles. The van der Waals surface area contributed by atoms with E-state index in [2.05, 4.69) is 181 Å². The van der Waals surface area contributed by atoms with Crippen LogP contribution in [-0.2, 0) is 0 Å². The van der Waals surface area contributed by atoms with E-state index in [9.17, 15) is 0 Å². The van der Waals surface area contributed by atoms with Gasteiger partial charge in [-0.2, -0.15) is 0 Å². The second kappa shape index (κ2) is 11.2. The van der Waals surface area contributed by atoms with Gasteiger partial charge < -0.3 is 9.64 Å². The first-order valence-corrected chi connectivity index (χ1v) is 17.4. The van der Waals surface area contributed by atoms with Crippen molar-refractivity contribution in [1.82, 2.24) is 0 Å². The summed E-state index contributed by atoms with van der Waals surface area (Å²) in [7, 11) is 0. The van der Waals surface area contributed by atoms with Crippen molar-refractivity contribution >= 4 is 59.3 Å². The van der Waals surface area contributed by atoms with Crippen LogP contribution < -0.4 is 9.64 Å². The third-order valence-corrected chi connectivity index (χ3v) is 10.9. The lowest BCUT2D eigenvalue weighted by atomic mass is 9.92. The van der Waals surface area contributed by atoms with Crippen LogP contribution in [0.2, 0.25) is 0 Å². The molecular formula is C46H29NOS. The Morgan fingerprint density at radius 3 is 1.88 bits per heavy atom. The molecule has 0 unspecified atom stereocenters. The summed E-state index contributed by atoms with van der Waals surface area (Å²) in [5.74, 6) is 1.77. The zero-order chi connectivity index (χ0) is 32.3. The molecule has 0 radical (unpaired) electrons. The Morgan fingerprint density at radius 1 is 0.408 bits per heavy atom. The van der Waals surface area contributed by atoms with E-state index in [0.717, 1.165) is 50.5 Å². The summed E-state index contributed by atoms with van der Waals surface area (Å²) >= 11 is 1.86. The minimum absolute atomic E-state index is 0.881. The molecule has 0 spiro atoms. The molecule has 8 aromatic carbocycles. The van der Waals surface area contributed by atoms with Crippen molar-refractivity contribution in [3.8, 4) is 44.9 Å². The van der Waals surface area contributed by atoms with Crippen LogP contribution in [0.25, 0.3) is 64.3 Å². The highest BCUT2D eigenvalue weighted by molar-refractivity contribution is 7.26. The SMILES string of the molecule is c1ccc(-c2ccc(N(c3ccc4c5c(cccc35)-c3ccc(-c5ccccc5)cc3O4)c3cccc4c3sc3ccccc34)cc2)cc1. The van der Waals surface area contributed by atoms with Crippen LogP contribution in [0.4, 0.5) is 17.1 Å². The molecule has 2 nitrogen and oxygen atoms in total. The first-order valence-electron chi connectivity index (χ1n) is 16.6. The molecule has 10 rings (SSSR count). The van der Waals surface area contributed by atoms with E-state index < -0.39 is 0 Å². The van der Waals surface area contributed by atoms with Gasteiger partial charge in [0.2, 0.25) is 0 Å². The average Bonchev–Trinajstić information content (AvgIpc) is 3.56. The highest BCUT2D eigenvalue weighted by Gasteiger charge is 2.25. The Bertz CT molecular complexity index is 2680. The lowest BCUT2D eigenvalue weighted by Gasteiger charge is -2.30. The Balaban J connectivity index is 1.18. The van der Waals surface area contributed by atoms with Crippen LogP contribution in [0.3, 0.4) is 0 Å². The fourth-order valence-corrected chi connectivity index (χ4v) is 8.58. The second-order valence-corrected chi connectivity index (χ2v) is 13.5. The Morgan fingerprint density at radius 2 is 1.06 bits per heavy atom. The van der Waals surface area contributed by atoms with Crippen molar-refractivity contribution < 1.29 is 4.74 Å². The van der Waals surface area contributed by atoms with Gasteiger partial charge in [-0.3, -0.25) is 0 Å². The molecule has 1 aromatic heterocycles. The molecule has 230 valence electrons. The molecule has 0 aliphatic carbocycles. The number of rotatable bonds is 5. The summed E-state index contributed by atoms with van der Waals surface area (Å²) in [6.07, 6.45) is 0. The van der Waals surface area contributed by atoms with Crippen molar-refractivity contribution in [2.45, 2.75) is 0 Å².